The molecule has 3 atom stereocenters. The molecule has 14 nitrogen and oxygen atoms in total. The van der Waals surface area contributed by atoms with E-state index in [9.17, 15) is 32.7 Å². The predicted molar refractivity (Wildman–Crippen MR) is 156 cm³/mol. The Bertz CT molecular complexity index is 1590. The average Bonchev–Trinajstić information content (AvgIpc) is 3.39. The van der Waals surface area contributed by atoms with E-state index in [1.165, 1.54) is 45.2 Å². The molecule has 2 amide bonds. The summed E-state index contributed by atoms with van der Waals surface area (Å²) in [7, 11) is -2.75. The van der Waals surface area contributed by atoms with E-state index in [0.29, 0.717) is 14.9 Å². The van der Waals surface area contributed by atoms with Gasteiger partial charge in [0.15, 0.2) is 5.78 Å². The first-order valence-corrected chi connectivity index (χ1v) is 15.5. The summed E-state index contributed by atoms with van der Waals surface area (Å²) < 4.78 is 28.6. The summed E-state index contributed by atoms with van der Waals surface area (Å²) in [6, 6.07) is 8.33. The van der Waals surface area contributed by atoms with Gasteiger partial charge in [-0.25, -0.2) is 13.1 Å². The summed E-state index contributed by atoms with van der Waals surface area (Å²) in [6.45, 7) is 2.16. The number of nitrogens with zero attached hydrogens (tertiary/aromatic N) is 5. The van der Waals surface area contributed by atoms with Gasteiger partial charge in [-0.05, 0) is 60.3 Å². The zero-order valence-corrected chi connectivity index (χ0v) is 26.1. The van der Waals surface area contributed by atoms with Crippen molar-refractivity contribution in [1.82, 2.24) is 35.1 Å². The molecule has 1 aromatic heterocycles. The fourth-order valence-electron chi connectivity index (χ4n) is 3.63. The maximum Gasteiger partial charge on any atom is 0.305 e. The number of carbonyl (C=O) groups is 4. The number of halogens is 2. The normalized spacial score (nSPS) is 13.5. The highest BCUT2D eigenvalue weighted by Crippen LogP contribution is 2.37. The van der Waals surface area contributed by atoms with Crippen molar-refractivity contribution in [3.05, 3.63) is 58.6 Å². The molecule has 0 radical (unpaired) electrons. The first kappa shape index (κ1) is 33.9. The number of hydrogen-bond donors (Lipinski definition) is 3. The van der Waals surface area contributed by atoms with E-state index in [0.717, 1.165) is 21.3 Å². The van der Waals surface area contributed by atoms with E-state index in [4.69, 9.17) is 23.2 Å². The van der Waals surface area contributed by atoms with Crippen LogP contribution in [-0.4, -0.2) is 87.4 Å². The summed E-state index contributed by atoms with van der Waals surface area (Å²) in [6.07, 6.45) is -0.761. The summed E-state index contributed by atoms with van der Waals surface area (Å²) in [5.74, 6) is -3.69. The number of benzene rings is 2. The molecule has 3 rings (SSSR count). The molecule has 3 unspecified atom stereocenters. The smallest absolute Gasteiger partial charge is 0.305 e. The molecule has 0 aliphatic carbocycles. The number of hydrogen-bond acceptors (Lipinski definition) is 10. The number of Topliss-reactive ketones (excluding diaryl/α,β-unsaturated/α-hetero) is 1. The number of aromatic nitrogens is 4. The molecule has 0 aliphatic heterocycles. The average molecular weight is 673 g/mol. The van der Waals surface area contributed by atoms with Crippen LogP contribution < -0.4 is 10.0 Å². The molecule has 1 heterocycles. The van der Waals surface area contributed by atoms with E-state index in [1.54, 1.807) is 24.3 Å². The molecule has 0 fully saturated rings. The van der Waals surface area contributed by atoms with Gasteiger partial charge >= 0.3 is 5.97 Å². The topological polar surface area (TPSA) is 194 Å². The number of sulfonamides is 1. The van der Waals surface area contributed by atoms with Crippen LogP contribution in [0.15, 0.2) is 63.5 Å². The first-order valence-electron chi connectivity index (χ1n) is 12.5. The minimum Gasteiger partial charge on any atom is -0.481 e. The highest BCUT2D eigenvalue weighted by Gasteiger charge is 2.32. The van der Waals surface area contributed by atoms with Gasteiger partial charge in [0, 0.05) is 7.05 Å². The van der Waals surface area contributed by atoms with Gasteiger partial charge in [-0.3, -0.25) is 19.2 Å². The molecular formula is C25H27Cl2N7O7S2. The van der Waals surface area contributed by atoms with Gasteiger partial charge in [0.1, 0.15) is 12.6 Å². The van der Waals surface area contributed by atoms with Crippen molar-refractivity contribution in [2.45, 2.75) is 59.9 Å². The van der Waals surface area contributed by atoms with Crippen LogP contribution in [0, 0.1) is 0 Å². The zero-order chi connectivity index (χ0) is 31.9. The monoisotopic (exact) mass is 671 g/mol. The minimum absolute atomic E-state index is 0.0442. The number of likely N-dealkylation sites (N-methyl/N-ethyl adjacent to an activating group) is 1. The van der Waals surface area contributed by atoms with Crippen LogP contribution in [0.2, 0.25) is 10.0 Å². The molecule has 0 saturated heterocycles. The van der Waals surface area contributed by atoms with Gasteiger partial charge in [0.25, 0.3) is 0 Å². The van der Waals surface area contributed by atoms with Gasteiger partial charge in [-0.15, -0.1) is 5.10 Å². The third-order valence-corrected chi connectivity index (χ3v) is 9.59. The number of rotatable bonds is 14. The number of aliphatic carboxylic acids is 1. The molecule has 3 aromatic rings. The Kier molecular flexibility index (Phi) is 11.6. The lowest BCUT2D eigenvalue weighted by Crippen LogP contribution is -2.55. The Hall–Kier alpha value is -3.57. The van der Waals surface area contributed by atoms with Crippen molar-refractivity contribution >= 4 is 68.6 Å². The predicted octanol–water partition coefficient (Wildman–Crippen LogP) is 1.87. The second-order valence-electron chi connectivity index (χ2n) is 9.18. The Morgan fingerprint density at radius 2 is 1.67 bits per heavy atom. The van der Waals surface area contributed by atoms with Crippen LogP contribution in [0.1, 0.15) is 20.3 Å². The molecule has 0 spiro atoms. The number of carbonyl (C=O) groups excluding carboxylic acids is 3. The Balaban J connectivity index is 1.68. The van der Waals surface area contributed by atoms with Crippen LogP contribution in [0.5, 0.6) is 0 Å². The van der Waals surface area contributed by atoms with E-state index in [1.807, 2.05) is 0 Å². The van der Waals surface area contributed by atoms with E-state index >= 15 is 0 Å². The molecular weight excluding hydrogens is 645 g/mol. The Morgan fingerprint density at radius 3 is 2.28 bits per heavy atom. The summed E-state index contributed by atoms with van der Waals surface area (Å²) >= 11 is 13.4. The number of carboxylic acids is 1. The third-order valence-electron chi connectivity index (χ3n) is 6.06. The van der Waals surface area contributed by atoms with E-state index < -0.39 is 64.7 Å². The standard InChI is InChI=1S/C25H27Cl2N7O7S2/c1-14(30-43(40,41)16-8-5-4-6-9-16)24(39)33(3)15(2)23(38)28-19(12-21(36)37)20(35)13-34-25(29-31-32-34)42-22-17(26)10-7-11-18(22)27/h4-11,14-15,19,30H,12-13H2,1-3H3,(H,28,38)(H,36,37). The molecule has 0 bridgehead atoms. The van der Waals surface area contributed by atoms with Gasteiger partial charge in [-0.2, -0.15) is 4.72 Å². The fraction of sp³-hybridized carbons (Fsp3) is 0.320. The Morgan fingerprint density at radius 1 is 1.05 bits per heavy atom. The largest absolute Gasteiger partial charge is 0.481 e. The van der Waals surface area contributed by atoms with Crippen molar-refractivity contribution in [2.75, 3.05) is 7.05 Å². The quantitative estimate of drug-likeness (QED) is 0.226. The van der Waals surface area contributed by atoms with Crippen LogP contribution in [0.4, 0.5) is 0 Å². The molecule has 43 heavy (non-hydrogen) atoms. The highest BCUT2D eigenvalue weighted by atomic mass is 35.5. The Labute approximate surface area is 261 Å². The fourth-order valence-corrected chi connectivity index (χ4v) is 6.28. The van der Waals surface area contributed by atoms with Gasteiger partial charge in [0.2, 0.25) is 27.0 Å². The lowest BCUT2D eigenvalue weighted by Gasteiger charge is -2.28. The number of nitrogens with one attached hydrogen (secondary N) is 2. The van der Waals surface area contributed by atoms with Crippen LogP contribution in [0.25, 0.3) is 0 Å². The van der Waals surface area contributed by atoms with Crippen molar-refractivity contribution in [3.8, 4) is 0 Å². The van der Waals surface area contributed by atoms with E-state index in [-0.39, 0.29) is 10.1 Å². The second kappa shape index (κ2) is 14.7. The van der Waals surface area contributed by atoms with Gasteiger partial charge < -0.3 is 15.3 Å². The van der Waals surface area contributed by atoms with Gasteiger partial charge in [0.05, 0.1) is 38.3 Å². The lowest BCUT2D eigenvalue weighted by atomic mass is 10.1. The number of ketones is 1. The summed E-state index contributed by atoms with van der Waals surface area (Å²) in [5, 5.41) is 23.7. The molecule has 0 saturated carbocycles. The minimum atomic E-state index is -4.02. The number of amides is 2. The number of carboxylic acid groups (broad SMARTS) is 1. The maximum absolute atomic E-state index is 13.1. The third kappa shape index (κ3) is 8.96. The summed E-state index contributed by atoms with van der Waals surface area (Å²) in [5.41, 5.74) is 0. The zero-order valence-electron chi connectivity index (χ0n) is 23.0. The van der Waals surface area contributed by atoms with Crippen LogP contribution >= 0.6 is 35.0 Å². The molecule has 18 heteroatoms. The maximum atomic E-state index is 13.1. The SMILES string of the molecule is CC(NS(=O)(=O)c1ccccc1)C(=O)N(C)C(C)C(=O)NC(CC(=O)O)C(=O)Cn1nnnc1Sc1c(Cl)cccc1Cl. The van der Waals surface area contributed by atoms with Crippen molar-refractivity contribution in [2.24, 2.45) is 0 Å². The first-order chi connectivity index (χ1) is 20.2. The molecule has 230 valence electrons. The highest BCUT2D eigenvalue weighted by molar-refractivity contribution is 7.99. The molecule has 0 aliphatic rings. The number of tetrazole rings is 1. The van der Waals surface area contributed by atoms with Crippen molar-refractivity contribution < 1.29 is 32.7 Å². The van der Waals surface area contributed by atoms with Crippen molar-refractivity contribution in [1.29, 1.82) is 0 Å². The summed E-state index contributed by atoms with van der Waals surface area (Å²) in [4.78, 5) is 52.0. The molecule has 2 aromatic carbocycles. The van der Waals surface area contributed by atoms with E-state index in [2.05, 4.69) is 25.6 Å². The van der Waals surface area contributed by atoms with Crippen LogP contribution in [0.3, 0.4) is 0 Å². The second-order valence-corrected chi connectivity index (χ2v) is 12.7. The van der Waals surface area contributed by atoms with Gasteiger partial charge in [-0.1, -0.05) is 47.5 Å². The lowest BCUT2D eigenvalue weighted by molar-refractivity contribution is -0.142. The van der Waals surface area contributed by atoms with Crippen LogP contribution in [-0.2, 0) is 35.7 Å². The molecule has 3 N–H and O–H groups in total. The van der Waals surface area contributed by atoms with Crippen molar-refractivity contribution in [3.63, 3.8) is 0 Å².